The molecule has 0 aromatic heterocycles. The molecule has 0 aliphatic rings. The number of rotatable bonds is 6. The summed E-state index contributed by atoms with van der Waals surface area (Å²) in [4.78, 5) is 0. The van der Waals surface area contributed by atoms with Crippen molar-refractivity contribution in [3.05, 3.63) is 72.8 Å². The molecule has 0 fully saturated rings. The fraction of sp³-hybridized carbons (Fsp3) is 0.357. The van der Waals surface area contributed by atoms with Crippen LogP contribution < -0.4 is 17.9 Å². The fourth-order valence-corrected chi connectivity index (χ4v) is 4.04. The van der Waals surface area contributed by atoms with E-state index < -0.39 is 0 Å². The van der Waals surface area contributed by atoms with Crippen LogP contribution in [0.15, 0.2) is 72.8 Å². The molecule has 170 valence electrons. The highest BCUT2D eigenvalue weighted by Crippen LogP contribution is 2.43. The van der Waals surface area contributed by atoms with Crippen molar-refractivity contribution in [2.24, 2.45) is 0 Å². The molecule has 0 aliphatic carbocycles. The first kappa shape index (κ1) is 24.1. The van der Waals surface area contributed by atoms with Crippen LogP contribution in [-0.4, -0.2) is 70.5 Å². The van der Waals surface area contributed by atoms with Gasteiger partial charge in [0.05, 0.1) is 70.5 Å². The van der Waals surface area contributed by atoms with E-state index in [1.807, 2.05) is 0 Å². The molecule has 0 N–H and O–H groups in total. The number of quaternary nitrogens is 4. The maximum atomic E-state index is 2.29. The normalized spacial score (nSPS) is 13.3. The van der Waals surface area contributed by atoms with Gasteiger partial charge in [-0.1, -0.05) is 0 Å². The summed E-state index contributed by atoms with van der Waals surface area (Å²) in [6.45, 7) is 0. The Morgan fingerprint density at radius 1 is 0.281 bits per heavy atom. The summed E-state index contributed by atoms with van der Waals surface area (Å²) in [7, 11) is 22.1. The first-order valence-electron chi connectivity index (χ1n) is 11.3. The van der Waals surface area contributed by atoms with E-state index in [0.717, 1.165) is 13.4 Å². The topological polar surface area (TPSA) is 0 Å². The average Bonchev–Trinajstić information content (AvgIpc) is 2.71. The van der Waals surface area contributed by atoms with Gasteiger partial charge in [-0.25, -0.2) is 4.48 Å². The van der Waals surface area contributed by atoms with E-state index in [2.05, 4.69) is 143 Å². The molecule has 0 radical (unpaired) electrons. The van der Waals surface area contributed by atoms with E-state index in [1.54, 1.807) is 0 Å². The lowest BCUT2D eigenvalue weighted by Gasteiger charge is -2.34. The van der Waals surface area contributed by atoms with Gasteiger partial charge in [-0.05, 0) is 0 Å². The molecule has 3 rings (SSSR count). The fourth-order valence-electron chi connectivity index (χ4n) is 4.04. The van der Waals surface area contributed by atoms with Crippen LogP contribution in [0.4, 0.5) is 34.1 Å². The molecule has 4 nitrogen and oxygen atoms in total. The number of hydrogen-bond acceptors (Lipinski definition) is 0. The minimum Gasteiger partial charge on any atom is -0.298 e. The van der Waals surface area contributed by atoms with Gasteiger partial charge in [0.1, 0.15) is 34.1 Å². The zero-order chi connectivity index (χ0) is 23.9. The van der Waals surface area contributed by atoms with E-state index in [0.29, 0.717) is 4.48 Å². The Labute approximate surface area is 195 Å². The van der Waals surface area contributed by atoms with Crippen molar-refractivity contribution in [1.82, 2.24) is 17.9 Å². The Balaban J connectivity index is 2.17. The summed E-state index contributed by atoms with van der Waals surface area (Å²) in [5.41, 5.74) is 7.62. The van der Waals surface area contributed by atoms with E-state index >= 15 is 0 Å². The Kier molecular flexibility index (Phi) is 6.13. The first-order chi connectivity index (χ1) is 14.6. The van der Waals surface area contributed by atoms with Crippen LogP contribution in [-0.2, 0) is 0 Å². The summed E-state index contributed by atoms with van der Waals surface area (Å²) in [6.07, 6.45) is 0. The van der Waals surface area contributed by atoms with E-state index in [4.69, 9.17) is 0 Å². The molecule has 0 bridgehead atoms. The highest BCUT2D eigenvalue weighted by molar-refractivity contribution is 5.73. The molecule has 0 aliphatic heterocycles. The van der Waals surface area contributed by atoms with Gasteiger partial charge in [0.15, 0.2) is 0 Å². The molecule has 4 heteroatoms. The summed E-state index contributed by atoms with van der Waals surface area (Å²) in [5, 5.41) is 0. The molecule has 0 saturated carbocycles. The minimum absolute atomic E-state index is 0.617. The van der Waals surface area contributed by atoms with Crippen molar-refractivity contribution in [2.75, 3.05) is 70.5 Å². The van der Waals surface area contributed by atoms with Crippen LogP contribution in [0, 0.1) is 0 Å². The van der Waals surface area contributed by atoms with E-state index in [-0.39, 0.29) is 0 Å². The van der Waals surface area contributed by atoms with Crippen molar-refractivity contribution in [2.45, 2.75) is 0 Å². The maximum Gasteiger partial charge on any atom is 0.143 e. The minimum atomic E-state index is 0.617. The zero-order valence-electron chi connectivity index (χ0n) is 21.7. The van der Waals surface area contributed by atoms with Crippen molar-refractivity contribution < 1.29 is 0 Å². The first-order valence-corrected chi connectivity index (χ1v) is 11.3. The Morgan fingerprint density at radius 2 is 0.438 bits per heavy atom. The summed E-state index contributed by atoms with van der Waals surface area (Å²) >= 11 is 0. The van der Waals surface area contributed by atoms with Crippen LogP contribution in [0.1, 0.15) is 0 Å². The Morgan fingerprint density at radius 3 is 0.594 bits per heavy atom. The van der Waals surface area contributed by atoms with E-state index in [9.17, 15) is 0 Å². The smallest absolute Gasteiger partial charge is 0.143 e. The average molecular weight is 435 g/mol. The quantitative estimate of drug-likeness (QED) is 0.425. The summed E-state index contributed by atoms with van der Waals surface area (Å²) < 4.78 is 3.04. The van der Waals surface area contributed by atoms with Crippen LogP contribution in [0.25, 0.3) is 0 Å². The van der Waals surface area contributed by atoms with Crippen molar-refractivity contribution in [3.8, 4) is 0 Å². The molecule has 0 spiro atoms. The molecular formula is C28H42N4+4. The zero-order valence-corrected chi connectivity index (χ0v) is 21.7. The second-order valence-electron chi connectivity index (χ2n) is 11.6. The van der Waals surface area contributed by atoms with Gasteiger partial charge in [0.25, 0.3) is 0 Å². The largest absolute Gasteiger partial charge is 0.298 e. The third-order valence-corrected chi connectivity index (χ3v) is 6.42. The molecule has 0 unspecified atom stereocenters. The third kappa shape index (κ3) is 4.79. The van der Waals surface area contributed by atoms with Crippen LogP contribution in [0.2, 0.25) is 0 Å². The molecule has 0 saturated heterocycles. The van der Waals surface area contributed by atoms with Crippen LogP contribution >= 0.6 is 0 Å². The second-order valence-corrected chi connectivity index (χ2v) is 11.6. The summed E-state index contributed by atoms with van der Waals surface area (Å²) in [5.74, 6) is 0. The van der Waals surface area contributed by atoms with Crippen molar-refractivity contribution in [3.63, 3.8) is 0 Å². The molecule has 3 aromatic rings. The standard InChI is InChI=1S/C28H42N4/c1-29(2,3)23-11-17-26(18-12-23)32(10,27-19-13-24(14-20-27)30(4,5)6)28-21-15-25(16-22-28)31(7,8)9/h11-22H,1-10H3/q+4. The Bertz CT molecular complexity index is 904. The van der Waals surface area contributed by atoms with Crippen molar-refractivity contribution in [1.29, 1.82) is 0 Å². The number of benzene rings is 3. The van der Waals surface area contributed by atoms with Crippen molar-refractivity contribution >= 4 is 34.1 Å². The predicted molar refractivity (Wildman–Crippen MR) is 145 cm³/mol. The summed E-state index contributed by atoms with van der Waals surface area (Å²) in [6, 6.07) is 27.2. The van der Waals surface area contributed by atoms with Gasteiger partial charge in [-0.15, -0.1) is 0 Å². The predicted octanol–water partition coefficient (Wildman–Crippen LogP) is 5.88. The molecule has 3 aromatic carbocycles. The number of nitrogens with zero attached hydrogens (tertiary/aromatic N) is 4. The van der Waals surface area contributed by atoms with Crippen LogP contribution in [0.3, 0.4) is 0 Å². The third-order valence-electron chi connectivity index (χ3n) is 6.42. The lowest BCUT2D eigenvalue weighted by molar-refractivity contribution is 0.485. The van der Waals surface area contributed by atoms with Gasteiger partial charge in [-0.3, -0.25) is 13.4 Å². The van der Waals surface area contributed by atoms with Gasteiger partial charge in [0.2, 0.25) is 0 Å². The molecular weight excluding hydrogens is 392 g/mol. The molecule has 32 heavy (non-hydrogen) atoms. The highest BCUT2D eigenvalue weighted by atomic mass is 15.4. The molecule has 0 heterocycles. The van der Waals surface area contributed by atoms with Gasteiger partial charge < -0.3 is 0 Å². The second kappa shape index (κ2) is 8.13. The van der Waals surface area contributed by atoms with Crippen LogP contribution in [0.5, 0.6) is 0 Å². The SMILES string of the molecule is C[N+](C)(C)c1ccc([N+](C)(c2ccc([N+](C)(C)C)cc2)c2ccc([N+](C)(C)C)cc2)cc1. The van der Waals surface area contributed by atoms with E-state index in [1.165, 1.54) is 34.1 Å². The molecule has 0 amide bonds. The maximum absolute atomic E-state index is 2.29. The van der Waals surface area contributed by atoms with Gasteiger partial charge in [0, 0.05) is 72.8 Å². The van der Waals surface area contributed by atoms with Gasteiger partial charge in [-0.2, -0.15) is 0 Å². The lowest BCUT2D eigenvalue weighted by Crippen LogP contribution is -2.37. The monoisotopic (exact) mass is 434 g/mol. The highest BCUT2D eigenvalue weighted by Gasteiger charge is 2.33. The lowest BCUT2D eigenvalue weighted by atomic mass is 10.1. The number of hydrogen-bond donors (Lipinski definition) is 0. The Hall–Kier alpha value is -2.50. The van der Waals surface area contributed by atoms with Gasteiger partial charge >= 0.3 is 0 Å². The molecule has 0 atom stereocenters.